The molecule has 1 aliphatic heterocycles. The summed E-state index contributed by atoms with van der Waals surface area (Å²) in [5.74, 6) is -11.6. The molecule has 19 N–H and O–H groups in total. The second-order valence-corrected chi connectivity index (χ2v) is 15.3. The van der Waals surface area contributed by atoms with Crippen LogP contribution in [-0.2, 0) is 64.0 Å². The lowest BCUT2D eigenvalue weighted by atomic mass is 10.0. The monoisotopic (exact) mass is 918 g/mol. The Morgan fingerprint density at radius 2 is 0.938 bits per heavy atom. The highest BCUT2D eigenvalue weighted by Crippen LogP contribution is 2.21. The molecular formula is C39H58N12O14. The van der Waals surface area contributed by atoms with Crippen LogP contribution < -0.4 is 61.0 Å². The maximum atomic E-state index is 14.4. The summed E-state index contributed by atoms with van der Waals surface area (Å²) < 4.78 is 0. The van der Waals surface area contributed by atoms with Crippen LogP contribution in [0.2, 0.25) is 0 Å². The average Bonchev–Trinajstić information content (AvgIpc) is 3.73. The second-order valence-electron chi connectivity index (χ2n) is 15.3. The van der Waals surface area contributed by atoms with Crippen molar-refractivity contribution in [3.8, 4) is 5.75 Å². The molecule has 1 aliphatic rings. The zero-order valence-electron chi connectivity index (χ0n) is 35.5. The standard InChI is InChI=1S/C39H58N12O14/c40-21(7-12-28(41)53)33(58)46-22(8-13-29(42)54)36(61)50-26(18-19-3-5-20(52)6-4-19)38(63)51-17-1-2-27(51)37(62)48-24(10-15-31(44)56)34(59)47-23(9-14-30(43)55)35(60)49-25(39(64)65)11-16-32(45)57/h3-6,21-27,52H,1-2,7-18,40H2,(H2,41,53)(H2,42,54)(H2,43,55)(H2,44,56)(H2,45,57)(H,46,58)(H,47,59)(H,48,62)(H,49,60)(H,50,61)(H,64,65)/t21-,22-,23-,24-,25-,26-,27-/m0/s1. The SMILES string of the molecule is NC(=O)CC[C@H](NC(=O)[C@H](CCC(N)=O)NC(=O)[C@H](CCC(N)=O)NC(=O)[C@@H]1CCCN1C(=O)[C@H](Cc1ccc(O)cc1)NC(=O)[C@H](CCC(N)=O)NC(=O)[C@@H](N)CCC(N)=O)C(=O)O. The molecule has 1 aromatic carbocycles. The molecule has 1 heterocycles. The maximum absolute atomic E-state index is 14.4. The van der Waals surface area contributed by atoms with Gasteiger partial charge in [-0.25, -0.2) is 4.79 Å². The van der Waals surface area contributed by atoms with Crippen molar-refractivity contribution in [2.75, 3.05) is 6.54 Å². The van der Waals surface area contributed by atoms with Gasteiger partial charge in [-0.05, 0) is 62.6 Å². The number of primary amides is 5. The van der Waals surface area contributed by atoms with E-state index in [9.17, 15) is 67.7 Å². The molecule has 1 fully saturated rings. The molecule has 1 aromatic rings. The first kappa shape index (κ1) is 53.8. The average molecular weight is 919 g/mol. The summed E-state index contributed by atoms with van der Waals surface area (Å²) in [6, 6.07) is -4.85. The molecule has 0 saturated carbocycles. The number of benzene rings is 1. The topological polar surface area (TPSA) is 465 Å². The first-order valence-electron chi connectivity index (χ1n) is 20.5. The number of likely N-dealkylation sites (tertiary alicyclic amines) is 1. The molecule has 65 heavy (non-hydrogen) atoms. The summed E-state index contributed by atoms with van der Waals surface area (Å²) in [6.45, 7) is -0.0383. The Labute approximate surface area is 372 Å². The number of phenols is 1. The van der Waals surface area contributed by atoms with Crippen molar-refractivity contribution in [1.29, 1.82) is 0 Å². The molecule has 0 aliphatic carbocycles. The van der Waals surface area contributed by atoms with Crippen molar-refractivity contribution in [3.05, 3.63) is 29.8 Å². The molecule has 7 atom stereocenters. The zero-order valence-corrected chi connectivity index (χ0v) is 35.5. The highest BCUT2D eigenvalue weighted by atomic mass is 16.4. The fourth-order valence-corrected chi connectivity index (χ4v) is 6.57. The van der Waals surface area contributed by atoms with E-state index < -0.39 is 152 Å². The van der Waals surface area contributed by atoms with Crippen LogP contribution in [0.1, 0.15) is 82.6 Å². The summed E-state index contributed by atoms with van der Waals surface area (Å²) >= 11 is 0. The molecule has 1 saturated heterocycles. The van der Waals surface area contributed by atoms with Crippen LogP contribution in [0.25, 0.3) is 0 Å². The molecule has 0 spiro atoms. The smallest absolute Gasteiger partial charge is 0.326 e. The number of carboxylic acids is 1. The van der Waals surface area contributed by atoms with E-state index in [-0.39, 0.29) is 57.2 Å². The predicted molar refractivity (Wildman–Crippen MR) is 224 cm³/mol. The second kappa shape index (κ2) is 26.3. The number of aromatic hydroxyl groups is 1. The number of nitrogens with zero attached hydrogens (tertiary/aromatic N) is 1. The largest absolute Gasteiger partial charge is 0.508 e. The van der Waals surface area contributed by atoms with E-state index in [1.165, 1.54) is 24.3 Å². The third kappa shape index (κ3) is 19.3. The van der Waals surface area contributed by atoms with Gasteiger partial charge in [0.25, 0.3) is 0 Å². The van der Waals surface area contributed by atoms with Crippen molar-refractivity contribution >= 4 is 70.9 Å². The Morgan fingerprint density at radius 3 is 1.38 bits per heavy atom. The van der Waals surface area contributed by atoms with E-state index in [0.29, 0.717) is 5.56 Å². The van der Waals surface area contributed by atoms with Crippen molar-refractivity contribution in [3.63, 3.8) is 0 Å². The van der Waals surface area contributed by atoms with E-state index in [1.54, 1.807) is 0 Å². The van der Waals surface area contributed by atoms with E-state index in [0.717, 1.165) is 4.90 Å². The predicted octanol–water partition coefficient (Wildman–Crippen LogP) is -5.91. The number of carbonyl (C=O) groups is 12. The Hall–Kier alpha value is -7.38. The molecule has 0 unspecified atom stereocenters. The number of amides is 11. The number of carboxylic acid groups (broad SMARTS) is 1. The summed E-state index contributed by atoms with van der Waals surface area (Å²) in [7, 11) is 0. The lowest BCUT2D eigenvalue weighted by Crippen LogP contribution is -2.60. The normalized spacial score (nSPS) is 16.0. The highest BCUT2D eigenvalue weighted by molar-refractivity contribution is 5.98. The molecule has 2 rings (SSSR count). The van der Waals surface area contributed by atoms with Crippen LogP contribution in [0, 0.1) is 0 Å². The number of nitrogens with two attached hydrogens (primary N) is 6. The summed E-state index contributed by atoms with van der Waals surface area (Å²) in [5.41, 5.74) is 32.4. The van der Waals surface area contributed by atoms with Gasteiger partial charge in [-0.2, -0.15) is 0 Å². The van der Waals surface area contributed by atoms with Gasteiger partial charge in [0, 0.05) is 45.1 Å². The van der Waals surface area contributed by atoms with Crippen LogP contribution >= 0.6 is 0 Å². The van der Waals surface area contributed by atoms with Crippen LogP contribution in [0.5, 0.6) is 5.75 Å². The van der Waals surface area contributed by atoms with Crippen molar-refractivity contribution in [2.24, 2.45) is 34.4 Å². The minimum atomic E-state index is -1.64. The van der Waals surface area contributed by atoms with E-state index in [2.05, 4.69) is 26.6 Å². The molecule has 26 nitrogen and oxygen atoms in total. The van der Waals surface area contributed by atoms with Gasteiger partial charge >= 0.3 is 5.97 Å². The molecule has 11 amide bonds. The quantitative estimate of drug-likeness (QED) is 0.0356. The number of hydrogen-bond acceptors (Lipinski definition) is 14. The van der Waals surface area contributed by atoms with E-state index in [1.807, 2.05) is 0 Å². The van der Waals surface area contributed by atoms with Crippen molar-refractivity contribution in [2.45, 2.75) is 126 Å². The lowest BCUT2D eigenvalue weighted by molar-refractivity contribution is -0.143. The summed E-state index contributed by atoms with van der Waals surface area (Å²) in [5, 5.41) is 31.3. The number of carbonyl (C=O) groups excluding carboxylic acids is 11. The van der Waals surface area contributed by atoms with Crippen molar-refractivity contribution < 1.29 is 67.7 Å². The van der Waals surface area contributed by atoms with Crippen LogP contribution in [0.4, 0.5) is 0 Å². The zero-order chi connectivity index (χ0) is 49.0. The number of hydrogen-bond donors (Lipinski definition) is 13. The van der Waals surface area contributed by atoms with Gasteiger partial charge in [0.2, 0.25) is 65.0 Å². The third-order valence-corrected chi connectivity index (χ3v) is 10.1. The minimum Gasteiger partial charge on any atom is -0.508 e. The Kier molecular flexibility index (Phi) is 21.7. The number of phenolic OH excluding ortho intramolecular Hbond substituents is 1. The third-order valence-electron chi connectivity index (χ3n) is 10.1. The van der Waals surface area contributed by atoms with Crippen molar-refractivity contribution in [1.82, 2.24) is 31.5 Å². The molecule has 358 valence electrons. The highest BCUT2D eigenvalue weighted by Gasteiger charge is 2.40. The van der Waals surface area contributed by atoms with Gasteiger partial charge in [-0.15, -0.1) is 0 Å². The Balaban J connectivity index is 2.43. The maximum Gasteiger partial charge on any atom is 0.326 e. The molecular weight excluding hydrogens is 860 g/mol. The molecule has 0 radical (unpaired) electrons. The molecule has 26 heteroatoms. The van der Waals surface area contributed by atoms with Gasteiger partial charge in [-0.3, -0.25) is 52.7 Å². The first-order valence-corrected chi connectivity index (χ1v) is 20.5. The van der Waals surface area contributed by atoms with Gasteiger partial charge < -0.3 is 76.1 Å². The van der Waals surface area contributed by atoms with Crippen LogP contribution in [-0.4, -0.2) is 135 Å². The van der Waals surface area contributed by atoms with Gasteiger partial charge in [0.05, 0.1) is 6.04 Å². The molecule has 0 bridgehead atoms. The Morgan fingerprint density at radius 1 is 0.554 bits per heavy atom. The number of aliphatic carboxylic acids is 1. The fraction of sp³-hybridized carbons (Fsp3) is 0.538. The van der Waals surface area contributed by atoms with Gasteiger partial charge in [0.15, 0.2) is 0 Å². The van der Waals surface area contributed by atoms with Gasteiger partial charge in [-0.1, -0.05) is 12.1 Å². The number of nitrogens with one attached hydrogen (secondary N) is 5. The first-order chi connectivity index (χ1) is 30.5. The fourth-order valence-electron chi connectivity index (χ4n) is 6.57. The Bertz CT molecular complexity index is 1950. The van der Waals surface area contributed by atoms with Crippen LogP contribution in [0.3, 0.4) is 0 Å². The van der Waals surface area contributed by atoms with Crippen LogP contribution in [0.15, 0.2) is 24.3 Å². The molecule has 0 aromatic heterocycles. The van der Waals surface area contributed by atoms with Gasteiger partial charge in [0.1, 0.15) is 42.0 Å². The van der Waals surface area contributed by atoms with E-state index in [4.69, 9.17) is 34.4 Å². The number of rotatable bonds is 29. The summed E-state index contributed by atoms with van der Waals surface area (Å²) in [6.07, 6.45) is -3.75. The van der Waals surface area contributed by atoms with E-state index >= 15 is 0 Å². The summed E-state index contributed by atoms with van der Waals surface area (Å²) in [4.78, 5) is 153. The minimum absolute atomic E-state index is 0.0353. The lowest BCUT2D eigenvalue weighted by Gasteiger charge is -2.31.